The zero-order valence-corrected chi connectivity index (χ0v) is 11.1. The molecule has 0 radical (unpaired) electrons. The largest absolute Gasteiger partial charge is 0.478 e. The Balaban J connectivity index is 2.14. The van der Waals surface area contributed by atoms with Gasteiger partial charge in [-0.3, -0.25) is 0 Å². The molecular formula is C13H9ClF2N2O3. The fourth-order valence-electron chi connectivity index (χ4n) is 1.54. The molecule has 5 nitrogen and oxygen atoms in total. The molecule has 0 spiro atoms. The quantitative estimate of drug-likeness (QED) is 0.878. The predicted molar refractivity (Wildman–Crippen MR) is 72.6 cm³/mol. The molecule has 0 unspecified atom stereocenters. The molecular weight excluding hydrogens is 306 g/mol. The summed E-state index contributed by atoms with van der Waals surface area (Å²) in [4.78, 5) is 14.9. The molecule has 2 aromatic rings. The molecule has 0 aliphatic rings. The number of carboxylic acid groups (broad SMARTS) is 1. The third-order valence-corrected chi connectivity index (χ3v) is 2.74. The second-order valence-electron chi connectivity index (χ2n) is 3.88. The Morgan fingerprint density at radius 3 is 2.57 bits per heavy atom. The van der Waals surface area contributed by atoms with Gasteiger partial charge in [0.15, 0.2) is 0 Å². The highest BCUT2D eigenvalue weighted by molar-refractivity contribution is 6.33. The van der Waals surface area contributed by atoms with Crippen LogP contribution in [0, 0.1) is 0 Å². The van der Waals surface area contributed by atoms with E-state index in [9.17, 15) is 13.6 Å². The number of aromatic nitrogens is 1. The molecule has 1 aromatic carbocycles. The van der Waals surface area contributed by atoms with Crippen LogP contribution < -0.4 is 10.1 Å². The van der Waals surface area contributed by atoms with E-state index in [2.05, 4.69) is 15.0 Å². The standard InChI is InChI=1S/C13H9ClF2N2O3/c14-10-6-17-11(5-9(10)12(19)20)18-7-1-3-8(4-2-7)21-13(15)16/h1-6,13H,(H,17,18)(H,19,20). The van der Waals surface area contributed by atoms with Gasteiger partial charge in [-0.25, -0.2) is 9.78 Å². The van der Waals surface area contributed by atoms with Gasteiger partial charge >= 0.3 is 12.6 Å². The Morgan fingerprint density at radius 2 is 2.00 bits per heavy atom. The van der Waals surface area contributed by atoms with Gasteiger partial charge in [0, 0.05) is 11.9 Å². The summed E-state index contributed by atoms with van der Waals surface area (Å²) in [6.07, 6.45) is 1.21. The van der Waals surface area contributed by atoms with Gasteiger partial charge in [0.1, 0.15) is 11.6 Å². The third kappa shape index (κ3) is 4.03. The number of carboxylic acids is 1. The normalized spacial score (nSPS) is 10.5. The summed E-state index contributed by atoms with van der Waals surface area (Å²) < 4.78 is 28.2. The molecule has 0 atom stereocenters. The summed E-state index contributed by atoms with van der Waals surface area (Å²) in [5.74, 6) is -0.892. The lowest BCUT2D eigenvalue weighted by atomic mass is 10.2. The lowest BCUT2D eigenvalue weighted by molar-refractivity contribution is -0.0498. The van der Waals surface area contributed by atoms with Gasteiger partial charge < -0.3 is 15.2 Å². The van der Waals surface area contributed by atoms with Crippen LogP contribution in [0.3, 0.4) is 0 Å². The minimum Gasteiger partial charge on any atom is -0.478 e. The van der Waals surface area contributed by atoms with Crippen molar-refractivity contribution < 1.29 is 23.4 Å². The van der Waals surface area contributed by atoms with Crippen LogP contribution in [-0.2, 0) is 0 Å². The van der Waals surface area contributed by atoms with Gasteiger partial charge in [-0.2, -0.15) is 8.78 Å². The van der Waals surface area contributed by atoms with E-state index >= 15 is 0 Å². The molecule has 0 aliphatic heterocycles. The average Bonchev–Trinajstić information content (AvgIpc) is 2.42. The lowest BCUT2D eigenvalue weighted by Crippen LogP contribution is -2.02. The number of nitrogens with zero attached hydrogens (tertiary/aromatic N) is 1. The molecule has 0 aliphatic carbocycles. The highest BCUT2D eigenvalue weighted by Crippen LogP contribution is 2.23. The lowest BCUT2D eigenvalue weighted by Gasteiger charge is -2.08. The van der Waals surface area contributed by atoms with Crippen LogP contribution in [0.5, 0.6) is 5.75 Å². The van der Waals surface area contributed by atoms with Crippen LogP contribution in [0.2, 0.25) is 5.02 Å². The molecule has 0 bridgehead atoms. The fourth-order valence-corrected chi connectivity index (χ4v) is 1.72. The van der Waals surface area contributed by atoms with E-state index in [1.807, 2.05) is 0 Å². The first-order valence-electron chi connectivity index (χ1n) is 5.66. The second kappa shape index (κ2) is 6.36. The Kier molecular flexibility index (Phi) is 4.54. The number of alkyl halides is 2. The number of halogens is 3. The summed E-state index contributed by atoms with van der Waals surface area (Å²) in [6.45, 7) is -2.89. The maximum absolute atomic E-state index is 12.0. The van der Waals surface area contributed by atoms with Gasteiger partial charge in [-0.15, -0.1) is 0 Å². The van der Waals surface area contributed by atoms with Crippen LogP contribution in [0.1, 0.15) is 10.4 Å². The van der Waals surface area contributed by atoms with Crippen molar-refractivity contribution in [2.24, 2.45) is 0 Å². The van der Waals surface area contributed by atoms with E-state index < -0.39 is 12.6 Å². The van der Waals surface area contributed by atoms with E-state index in [4.69, 9.17) is 16.7 Å². The number of benzene rings is 1. The summed E-state index contributed by atoms with van der Waals surface area (Å²) in [7, 11) is 0. The number of nitrogens with one attached hydrogen (secondary N) is 1. The van der Waals surface area contributed by atoms with E-state index in [-0.39, 0.29) is 22.2 Å². The Bertz CT molecular complexity index is 650. The van der Waals surface area contributed by atoms with E-state index in [1.165, 1.54) is 36.5 Å². The number of aromatic carboxylic acids is 1. The maximum Gasteiger partial charge on any atom is 0.387 e. The van der Waals surface area contributed by atoms with Crippen molar-refractivity contribution in [1.29, 1.82) is 0 Å². The Morgan fingerprint density at radius 1 is 1.33 bits per heavy atom. The van der Waals surface area contributed by atoms with Crippen molar-refractivity contribution in [2.75, 3.05) is 5.32 Å². The molecule has 1 aromatic heterocycles. The van der Waals surface area contributed by atoms with Gasteiger partial charge in [0.2, 0.25) is 0 Å². The van der Waals surface area contributed by atoms with Crippen molar-refractivity contribution in [3.05, 3.63) is 47.1 Å². The number of carbonyl (C=O) groups is 1. The SMILES string of the molecule is O=C(O)c1cc(Nc2ccc(OC(F)F)cc2)ncc1Cl. The first kappa shape index (κ1) is 15.0. The summed E-state index contributed by atoms with van der Waals surface area (Å²) in [5.41, 5.74) is 0.439. The topological polar surface area (TPSA) is 71.5 Å². The highest BCUT2D eigenvalue weighted by Gasteiger charge is 2.10. The zero-order valence-electron chi connectivity index (χ0n) is 10.4. The Hall–Kier alpha value is -2.41. The fraction of sp³-hybridized carbons (Fsp3) is 0.0769. The van der Waals surface area contributed by atoms with Crippen LogP contribution in [-0.4, -0.2) is 22.7 Å². The van der Waals surface area contributed by atoms with E-state index in [0.717, 1.165) is 0 Å². The van der Waals surface area contributed by atoms with Gasteiger partial charge in [0.05, 0.1) is 10.6 Å². The summed E-state index contributed by atoms with van der Waals surface area (Å²) >= 11 is 5.70. The molecule has 0 amide bonds. The number of pyridine rings is 1. The second-order valence-corrected chi connectivity index (χ2v) is 4.29. The van der Waals surface area contributed by atoms with Crippen molar-refractivity contribution in [3.8, 4) is 5.75 Å². The first-order valence-corrected chi connectivity index (χ1v) is 6.04. The van der Waals surface area contributed by atoms with Crippen molar-refractivity contribution >= 4 is 29.1 Å². The van der Waals surface area contributed by atoms with Gasteiger partial charge in [-0.1, -0.05) is 11.6 Å². The van der Waals surface area contributed by atoms with Gasteiger partial charge in [0.25, 0.3) is 0 Å². The van der Waals surface area contributed by atoms with Gasteiger partial charge in [-0.05, 0) is 30.3 Å². The van der Waals surface area contributed by atoms with Crippen molar-refractivity contribution in [1.82, 2.24) is 4.98 Å². The molecule has 21 heavy (non-hydrogen) atoms. The molecule has 2 N–H and O–H groups in total. The van der Waals surface area contributed by atoms with Crippen molar-refractivity contribution in [3.63, 3.8) is 0 Å². The molecule has 1 heterocycles. The number of hydrogen-bond acceptors (Lipinski definition) is 4. The van der Waals surface area contributed by atoms with Crippen LogP contribution in [0.4, 0.5) is 20.3 Å². The number of ether oxygens (including phenoxy) is 1. The molecule has 8 heteroatoms. The van der Waals surface area contributed by atoms with E-state index in [0.29, 0.717) is 5.69 Å². The highest BCUT2D eigenvalue weighted by atomic mass is 35.5. The maximum atomic E-state index is 12.0. The zero-order chi connectivity index (χ0) is 15.4. The van der Waals surface area contributed by atoms with Crippen molar-refractivity contribution in [2.45, 2.75) is 6.61 Å². The summed E-state index contributed by atoms with van der Waals surface area (Å²) in [6, 6.07) is 6.96. The smallest absolute Gasteiger partial charge is 0.387 e. The third-order valence-electron chi connectivity index (χ3n) is 2.44. The monoisotopic (exact) mass is 314 g/mol. The molecule has 0 saturated heterocycles. The van der Waals surface area contributed by atoms with Crippen LogP contribution in [0.25, 0.3) is 0 Å². The van der Waals surface area contributed by atoms with Crippen LogP contribution in [0.15, 0.2) is 36.5 Å². The average molecular weight is 315 g/mol. The number of hydrogen-bond donors (Lipinski definition) is 2. The molecule has 2 rings (SSSR count). The molecule has 0 fully saturated rings. The molecule has 0 saturated carbocycles. The first-order chi connectivity index (χ1) is 9.95. The summed E-state index contributed by atoms with van der Waals surface area (Å²) in [5, 5.41) is 11.8. The number of anilines is 2. The number of rotatable bonds is 5. The Labute approximate surface area is 123 Å². The van der Waals surface area contributed by atoms with Crippen LogP contribution >= 0.6 is 11.6 Å². The minimum atomic E-state index is -2.89. The van der Waals surface area contributed by atoms with E-state index in [1.54, 1.807) is 0 Å². The molecule has 110 valence electrons. The minimum absolute atomic E-state index is 0.0193. The predicted octanol–water partition coefficient (Wildman–Crippen LogP) is 3.78.